The Morgan fingerprint density at radius 2 is 1.12 bits per heavy atom. The van der Waals surface area contributed by atoms with E-state index in [2.05, 4.69) is 31.1 Å². The monoisotopic (exact) mass is 110 g/mol. The molecule has 1 heterocycles. The summed E-state index contributed by atoms with van der Waals surface area (Å²) in [6.07, 6.45) is 2.73. The van der Waals surface area contributed by atoms with Gasteiger partial charge in [0.15, 0.2) is 0 Å². The van der Waals surface area contributed by atoms with E-state index < -0.39 is 0 Å². The van der Waals surface area contributed by atoms with Crippen LogP contribution in [0.5, 0.6) is 0 Å². The lowest BCUT2D eigenvalue weighted by molar-refractivity contribution is 0.837. The molecular formula is C2H2N6. The molecule has 0 amide bonds. The number of rotatable bonds is 0. The van der Waals surface area contributed by atoms with Gasteiger partial charge < -0.3 is 0 Å². The highest BCUT2D eigenvalue weighted by molar-refractivity contribution is 4.72. The van der Waals surface area contributed by atoms with Gasteiger partial charge in [-0.3, -0.25) is 0 Å². The first-order valence-corrected chi connectivity index (χ1v) is 1.85. The van der Waals surface area contributed by atoms with Crippen molar-refractivity contribution in [3.8, 4) is 0 Å². The van der Waals surface area contributed by atoms with Crippen LogP contribution >= 0.6 is 0 Å². The van der Waals surface area contributed by atoms with Crippen LogP contribution < -0.4 is 0 Å². The maximum absolute atomic E-state index is 3.36. The predicted octanol–water partition coefficient (Wildman–Crippen LogP) is 1.66. The van der Waals surface area contributed by atoms with E-state index in [4.69, 9.17) is 0 Å². The Balaban J connectivity index is 2.67. The molecule has 0 aliphatic carbocycles. The van der Waals surface area contributed by atoms with Gasteiger partial charge in [0.1, 0.15) is 0 Å². The van der Waals surface area contributed by atoms with Crippen molar-refractivity contribution in [1.82, 2.24) is 0 Å². The van der Waals surface area contributed by atoms with Crippen molar-refractivity contribution >= 4 is 0 Å². The van der Waals surface area contributed by atoms with Crippen LogP contribution in [-0.2, 0) is 0 Å². The maximum atomic E-state index is 3.36. The Morgan fingerprint density at radius 1 is 0.625 bits per heavy atom. The van der Waals surface area contributed by atoms with Gasteiger partial charge in [-0.25, -0.2) is 0 Å². The molecule has 8 heavy (non-hydrogen) atoms. The van der Waals surface area contributed by atoms with Gasteiger partial charge in [-0.05, 0) is 20.9 Å². The van der Waals surface area contributed by atoms with Crippen molar-refractivity contribution in [2.75, 3.05) is 0 Å². The van der Waals surface area contributed by atoms with Crippen molar-refractivity contribution in [1.29, 1.82) is 0 Å². The summed E-state index contributed by atoms with van der Waals surface area (Å²) < 4.78 is 0. The third-order valence-electron chi connectivity index (χ3n) is 0.423. The Hall–Kier alpha value is -1.46. The fourth-order valence-corrected chi connectivity index (χ4v) is 0.201. The highest BCUT2D eigenvalue weighted by atomic mass is 15.6. The van der Waals surface area contributed by atoms with Crippen LogP contribution in [0.15, 0.2) is 43.5 Å². The molecule has 0 radical (unpaired) electrons. The van der Waals surface area contributed by atoms with E-state index in [1.54, 1.807) is 0 Å². The molecule has 0 atom stereocenters. The predicted molar refractivity (Wildman–Crippen MR) is 23.7 cm³/mol. The quantitative estimate of drug-likeness (QED) is 0.454. The number of hydrogen-bond donors (Lipinski definition) is 0. The molecule has 1 aliphatic heterocycles. The van der Waals surface area contributed by atoms with Crippen molar-refractivity contribution in [2.24, 2.45) is 31.1 Å². The maximum Gasteiger partial charge on any atom is 0.0716 e. The zero-order chi connectivity index (χ0) is 5.66. The Labute approximate surface area is 44.7 Å². The van der Waals surface area contributed by atoms with Crippen LogP contribution in [0.1, 0.15) is 0 Å². The first-order valence-electron chi connectivity index (χ1n) is 1.85. The number of nitrogens with zero attached hydrogens (tertiary/aromatic N) is 6. The van der Waals surface area contributed by atoms with E-state index >= 15 is 0 Å². The summed E-state index contributed by atoms with van der Waals surface area (Å²) in [5.41, 5.74) is 0. The molecular weight excluding hydrogens is 108 g/mol. The molecule has 1 rings (SSSR count). The molecule has 0 spiro atoms. The summed E-state index contributed by atoms with van der Waals surface area (Å²) in [4.78, 5) is 0. The van der Waals surface area contributed by atoms with Gasteiger partial charge >= 0.3 is 0 Å². The summed E-state index contributed by atoms with van der Waals surface area (Å²) in [5.74, 6) is 0. The van der Waals surface area contributed by atoms with Gasteiger partial charge in [0.25, 0.3) is 0 Å². The second-order valence-corrected chi connectivity index (χ2v) is 0.887. The minimum Gasteiger partial charge on any atom is -0.136 e. The topological polar surface area (TPSA) is 74.2 Å². The summed E-state index contributed by atoms with van der Waals surface area (Å²) >= 11 is 0. The minimum absolute atomic E-state index is 1.36. The average Bonchev–Trinajstić information content (AvgIpc) is 1.62. The second-order valence-electron chi connectivity index (χ2n) is 0.887. The highest BCUT2D eigenvalue weighted by Gasteiger charge is 1.69. The zero-order valence-electron chi connectivity index (χ0n) is 3.84. The van der Waals surface area contributed by atoms with Crippen LogP contribution in [0.2, 0.25) is 0 Å². The summed E-state index contributed by atoms with van der Waals surface area (Å²) in [5, 5.41) is 19.3. The van der Waals surface area contributed by atoms with Gasteiger partial charge in [-0.15, -0.1) is 10.2 Å². The van der Waals surface area contributed by atoms with E-state index in [-0.39, 0.29) is 0 Å². The largest absolute Gasteiger partial charge is 0.136 e. The molecule has 0 aromatic carbocycles. The second kappa shape index (κ2) is 2.67. The lowest BCUT2D eigenvalue weighted by atomic mass is 11.0. The Kier molecular flexibility index (Phi) is 1.57. The lowest BCUT2D eigenvalue weighted by Crippen LogP contribution is -1.53. The van der Waals surface area contributed by atoms with E-state index in [9.17, 15) is 0 Å². The first kappa shape index (κ1) is 4.69. The third kappa shape index (κ3) is 1.33. The molecule has 6 heteroatoms. The molecule has 0 aromatic heterocycles. The van der Waals surface area contributed by atoms with Crippen molar-refractivity contribution < 1.29 is 0 Å². The molecule has 0 unspecified atom stereocenters. The lowest BCUT2D eigenvalue weighted by Gasteiger charge is -1.73. The van der Waals surface area contributed by atoms with Crippen molar-refractivity contribution in [3.63, 3.8) is 0 Å². The Morgan fingerprint density at radius 3 is 1.62 bits per heavy atom. The molecule has 1 aliphatic rings. The van der Waals surface area contributed by atoms with E-state index in [1.165, 1.54) is 12.4 Å². The fourth-order valence-electron chi connectivity index (χ4n) is 0.201. The van der Waals surface area contributed by atoms with Crippen LogP contribution in [-0.4, -0.2) is 0 Å². The molecule has 0 aromatic rings. The van der Waals surface area contributed by atoms with Crippen molar-refractivity contribution in [3.05, 3.63) is 12.4 Å². The van der Waals surface area contributed by atoms with Crippen LogP contribution in [0.25, 0.3) is 0 Å². The fraction of sp³-hybridized carbons (Fsp3) is 0. The van der Waals surface area contributed by atoms with Gasteiger partial charge in [0, 0.05) is 0 Å². The SMILES string of the molecule is C1=CN=NN=NN=N1. The molecule has 0 N–H and O–H groups in total. The summed E-state index contributed by atoms with van der Waals surface area (Å²) in [6, 6.07) is 0. The smallest absolute Gasteiger partial charge is 0.0716 e. The normalized spacial score (nSPS) is 16.0. The number of hydrogen-bond acceptors (Lipinski definition) is 6. The standard InChI is InChI=1S/C2H2N6/c1-2-4-6-8-7-5-3-1/h1-2H. The van der Waals surface area contributed by atoms with Crippen LogP contribution in [0.3, 0.4) is 0 Å². The average molecular weight is 110 g/mol. The van der Waals surface area contributed by atoms with E-state index in [0.717, 1.165) is 0 Å². The molecule has 0 saturated heterocycles. The molecule has 0 bridgehead atoms. The summed E-state index contributed by atoms with van der Waals surface area (Å²) in [6.45, 7) is 0. The van der Waals surface area contributed by atoms with Crippen molar-refractivity contribution in [2.45, 2.75) is 0 Å². The first-order chi connectivity index (χ1) is 4.00. The van der Waals surface area contributed by atoms with Crippen LogP contribution in [0.4, 0.5) is 0 Å². The minimum atomic E-state index is 1.36. The van der Waals surface area contributed by atoms with E-state index in [0.29, 0.717) is 0 Å². The van der Waals surface area contributed by atoms with Gasteiger partial charge in [0.05, 0.1) is 12.4 Å². The third-order valence-corrected chi connectivity index (χ3v) is 0.423. The van der Waals surface area contributed by atoms with E-state index in [1.807, 2.05) is 0 Å². The molecule has 0 fully saturated rings. The Bertz CT molecular complexity index is 107. The van der Waals surface area contributed by atoms with Crippen LogP contribution in [0, 0.1) is 0 Å². The summed E-state index contributed by atoms with van der Waals surface area (Å²) in [7, 11) is 0. The molecule has 40 valence electrons. The van der Waals surface area contributed by atoms with Gasteiger partial charge in [-0.1, -0.05) is 0 Å². The van der Waals surface area contributed by atoms with Gasteiger partial charge in [-0.2, -0.15) is 0 Å². The molecule has 0 saturated carbocycles. The van der Waals surface area contributed by atoms with Gasteiger partial charge in [0.2, 0.25) is 0 Å². The zero-order valence-corrected chi connectivity index (χ0v) is 3.84. The highest BCUT2D eigenvalue weighted by Crippen LogP contribution is 1.89. The molecule has 6 nitrogen and oxygen atoms in total.